The summed E-state index contributed by atoms with van der Waals surface area (Å²) in [5.74, 6) is -1.10. The van der Waals surface area contributed by atoms with Crippen molar-refractivity contribution < 1.29 is 18.7 Å². The van der Waals surface area contributed by atoms with Crippen LogP contribution in [0.15, 0.2) is 29.6 Å². The Bertz CT molecular complexity index is 673. The van der Waals surface area contributed by atoms with Gasteiger partial charge in [0.1, 0.15) is 0 Å². The fourth-order valence-corrected chi connectivity index (χ4v) is 3.26. The van der Waals surface area contributed by atoms with E-state index >= 15 is 0 Å². The highest BCUT2D eigenvalue weighted by molar-refractivity contribution is 7.80. The molecular formula is C13H12ClNO4S2. The quantitative estimate of drug-likeness (QED) is 0.700. The van der Waals surface area contributed by atoms with Crippen LogP contribution in [0.1, 0.15) is 20.8 Å². The molecule has 1 heterocycles. The molecule has 0 aliphatic rings. The maximum atomic E-state index is 11.3. The molecule has 0 aliphatic carbocycles. The van der Waals surface area contributed by atoms with E-state index in [0.29, 0.717) is 18.4 Å². The fraction of sp³-hybridized carbons (Fsp3) is 0.154. The van der Waals surface area contributed by atoms with Gasteiger partial charge in [0.05, 0.1) is 16.3 Å². The zero-order valence-electron chi connectivity index (χ0n) is 10.7. The number of benzene rings is 1. The number of aryl methyl sites for hydroxylation is 2. The van der Waals surface area contributed by atoms with Crippen molar-refractivity contribution in [1.29, 1.82) is 0 Å². The first kappa shape index (κ1) is 16.0. The Hall–Kier alpha value is -1.41. The maximum absolute atomic E-state index is 11.3. The highest BCUT2D eigenvalue weighted by atomic mass is 35.5. The van der Waals surface area contributed by atoms with E-state index < -0.39 is 17.2 Å². The molecule has 0 amide bonds. The van der Waals surface area contributed by atoms with Crippen molar-refractivity contribution in [3.05, 3.63) is 50.7 Å². The third-order valence-electron chi connectivity index (χ3n) is 2.84. The summed E-state index contributed by atoms with van der Waals surface area (Å²) in [6, 6.07) is 6.72. The van der Waals surface area contributed by atoms with Crippen LogP contribution < -0.4 is 4.72 Å². The lowest BCUT2D eigenvalue weighted by Crippen LogP contribution is -2.08. The minimum atomic E-state index is -2.31. The molecule has 21 heavy (non-hydrogen) atoms. The molecule has 0 saturated carbocycles. The van der Waals surface area contributed by atoms with E-state index in [1.807, 2.05) is 17.5 Å². The molecule has 0 spiro atoms. The molecular weight excluding hydrogens is 334 g/mol. The summed E-state index contributed by atoms with van der Waals surface area (Å²) in [6.45, 7) is 0. The van der Waals surface area contributed by atoms with E-state index in [1.54, 1.807) is 11.3 Å². The van der Waals surface area contributed by atoms with Gasteiger partial charge in [-0.05, 0) is 42.0 Å². The number of carbonyl (C=O) groups is 1. The van der Waals surface area contributed by atoms with Crippen molar-refractivity contribution in [2.24, 2.45) is 0 Å². The number of hydrogen-bond donors (Lipinski definition) is 3. The number of nitrogens with one attached hydrogen (secondary N) is 1. The molecule has 0 radical (unpaired) electrons. The number of carboxylic acids is 1. The van der Waals surface area contributed by atoms with E-state index in [9.17, 15) is 14.1 Å². The normalized spacial score (nSPS) is 12.1. The molecule has 2 rings (SSSR count). The van der Waals surface area contributed by atoms with E-state index in [2.05, 4.69) is 4.72 Å². The van der Waals surface area contributed by atoms with Crippen LogP contribution in [0.2, 0.25) is 5.02 Å². The SMILES string of the molecule is O=C(O)c1cc(NS(=O)O)c(Cl)cc1CCc1cccs1. The third-order valence-corrected chi connectivity index (χ3v) is 4.48. The van der Waals surface area contributed by atoms with Gasteiger partial charge in [-0.15, -0.1) is 11.3 Å². The zero-order valence-corrected chi connectivity index (χ0v) is 13.1. The number of thiophene rings is 1. The Kier molecular flexibility index (Phi) is 5.35. The number of halogens is 1. The lowest BCUT2D eigenvalue weighted by Gasteiger charge is -2.11. The van der Waals surface area contributed by atoms with Gasteiger partial charge in [-0.3, -0.25) is 9.27 Å². The molecule has 0 aliphatic heterocycles. The van der Waals surface area contributed by atoms with Gasteiger partial charge in [0, 0.05) is 4.88 Å². The Morgan fingerprint density at radius 3 is 2.71 bits per heavy atom. The van der Waals surface area contributed by atoms with Crippen molar-refractivity contribution in [1.82, 2.24) is 0 Å². The van der Waals surface area contributed by atoms with Gasteiger partial charge in [0.2, 0.25) is 0 Å². The zero-order chi connectivity index (χ0) is 15.4. The number of rotatable bonds is 6. The average Bonchev–Trinajstić information content (AvgIpc) is 2.91. The molecule has 2 aromatic rings. The monoisotopic (exact) mass is 345 g/mol. The fourth-order valence-electron chi connectivity index (χ4n) is 1.91. The standard InChI is InChI=1S/C13H12ClNO4S2/c14-11-6-8(3-4-9-2-1-5-20-9)10(13(16)17)7-12(11)15-21(18)19/h1-2,5-7,15H,3-4H2,(H,16,17)(H,18,19). The lowest BCUT2D eigenvalue weighted by atomic mass is 10.0. The van der Waals surface area contributed by atoms with Crippen LogP contribution in [-0.4, -0.2) is 19.8 Å². The summed E-state index contributed by atoms with van der Waals surface area (Å²) in [7, 11) is 0. The van der Waals surface area contributed by atoms with Crippen molar-refractivity contribution >= 4 is 45.9 Å². The Labute approximate surface area is 133 Å². The smallest absolute Gasteiger partial charge is 0.336 e. The first-order valence-corrected chi connectivity index (χ1v) is 8.29. The van der Waals surface area contributed by atoms with Gasteiger partial charge in [0.15, 0.2) is 0 Å². The summed E-state index contributed by atoms with van der Waals surface area (Å²) in [5, 5.41) is 11.4. The summed E-state index contributed by atoms with van der Waals surface area (Å²) >= 11 is 5.31. The summed E-state index contributed by atoms with van der Waals surface area (Å²) in [4.78, 5) is 12.5. The predicted octanol–water partition coefficient (Wildman–Crippen LogP) is 3.43. The molecule has 0 bridgehead atoms. The minimum Gasteiger partial charge on any atom is -0.478 e. The van der Waals surface area contributed by atoms with Crippen molar-refractivity contribution in [2.45, 2.75) is 12.8 Å². The van der Waals surface area contributed by atoms with E-state index in [4.69, 9.17) is 16.2 Å². The summed E-state index contributed by atoms with van der Waals surface area (Å²) in [6.07, 6.45) is 1.25. The molecule has 8 heteroatoms. The van der Waals surface area contributed by atoms with Crippen LogP contribution in [-0.2, 0) is 24.1 Å². The van der Waals surface area contributed by atoms with Gasteiger partial charge in [-0.1, -0.05) is 17.7 Å². The van der Waals surface area contributed by atoms with Crippen LogP contribution >= 0.6 is 22.9 Å². The Balaban J connectivity index is 2.29. The Morgan fingerprint density at radius 2 is 2.14 bits per heavy atom. The number of hydrogen-bond acceptors (Lipinski definition) is 3. The molecule has 5 nitrogen and oxygen atoms in total. The van der Waals surface area contributed by atoms with Gasteiger partial charge in [0.25, 0.3) is 11.3 Å². The van der Waals surface area contributed by atoms with Crippen molar-refractivity contribution in [3.8, 4) is 0 Å². The minimum absolute atomic E-state index is 0.0731. The van der Waals surface area contributed by atoms with Crippen LogP contribution in [0.5, 0.6) is 0 Å². The van der Waals surface area contributed by atoms with Crippen LogP contribution in [0.4, 0.5) is 5.69 Å². The molecule has 1 unspecified atom stereocenters. The van der Waals surface area contributed by atoms with Crippen molar-refractivity contribution in [3.63, 3.8) is 0 Å². The number of carboxylic acid groups (broad SMARTS) is 1. The molecule has 1 aromatic heterocycles. The second kappa shape index (κ2) is 7.04. The first-order valence-electron chi connectivity index (χ1n) is 5.93. The van der Waals surface area contributed by atoms with Crippen LogP contribution in [0.3, 0.4) is 0 Å². The second-order valence-corrected chi connectivity index (χ2v) is 6.37. The third kappa shape index (κ3) is 4.28. The van der Waals surface area contributed by atoms with E-state index in [0.717, 1.165) is 4.88 Å². The highest BCUT2D eigenvalue weighted by Crippen LogP contribution is 2.28. The number of anilines is 1. The maximum Gasteiger partial charge on any atom is 0.336 e. The molecule has 3 N–H and O–H groups in total. The van der Waals surface area contributed by atoms with Crippen LogP contribution in [0.25, 0.3) is 0 Å². The molecule has 0 saturated heterocycles. The second-order valence-electron chi connectivity index (χ2n) is 4.22. The van der Waals surface area contributed by atoms with Gasteiger partial charge in [-0.2, -0.15) is 0 Å². The Morgan fingerprint density at radius 1 is 1.38 bits per heavy atom. The van der Waals surface area contributed by atoms with Gasteiger partial charge < -0.3 is 5.11 Å². The lowest BCUT2D eigenvalue weighted by molar-refractivity contribution is 0.0695. The predicted molar refractivity (Wildman–Crippen MR) is 84.5 cm³/mol. The summed E-state index contributed by atoms with van der Waals surface area (Å²) < 4.78 is 21.8. The first-order chi connectivity index (χ1) is 9.97. The van der Waals surface area contributed by atoms with E-state index in [1.165, 1.54) is 12.1 Å². The molecule has 1 aromatic carbocycles. The van der Waals surface area contributed by atoms with Gasteiger partial charge in [-0.25, -0.2) is 9.00 Å². The molecule has 0 fully saturated rings. The van der Waals surface area contributed by atoms with E-state index in [-0.39, 0.29) is 16.3 Å². The molecule has 112 valence electrons. The van der Waals surface area contributed by atoms with Crippen molar-refractivity contribution in [2.75, 3.05) is 4.72 Å². The van der Waals surface area contributed by atoms with Crippen LogP contribution in [0, 0.1) is 0 Å². The summed E-state index contributed by atoms with van der Waals surface area (Å²) in [5.41, 5.74) is 0.786. The van der Waals surface area contributed by atoms with Gasteiger partial charge >= 0.3 is 5.97 Å². The topological polar surface area (TPSA) is 86.6 Å². The molecule has 1 atom stereocenters. The largest absolute Gasteiger partial charge is 0.478 e. The number of aromatic carboxylic acids is 1. The average molecular weight is 346 g/mol. The highest BCUT2D eigenvalue weighted by Gasteiger charge is 2.15.